The van der Waals surface area contributed by atoms with E-state index in [4.69, 9.17) is 5.73 Å². The molecule has 0 bridgehead atoms. The van der Waals surface area contributed by atoms with Crippen LogP contribution in [0.1, 0.15) is 43.6 Å². The second-order valence-electron chi connectivity index (χ2n) is 5.21. The second-order valence-corrected chi connectivity index (χ2v) is 6.21. The first-order chi connectivity index (χ1) is 10.1. The third kappa shape index (κ3) is 2.87. The van der Waals surface area contributed by atoms with Crippen LogP contribution >= 0.6 is 11.3 Å². The lowest BCUT2D eigenvalue weighted by atomic mass is 9.81. The smallest absolute Gasteiger partial charge is 0.236 e. The van der Waals surface area contributed by atoms with Gasteiger partial charge in [-0.2, -0.15) is 0 Å². The molecule has 1 saturated heterocycles. The fourth-order valence-corrected chi connectivity index (χ4v) is 3.50. The van der Waals surface area contributed by atoms with Crippen LogP contribution in [0.25, 0.3) is 0 Å². The summed E-state index contributed by atoms with van der Waals surface area (Å²) in [5.41, 5.74) is 5.74. The maximum Gasteiger partial charge on any atom is 0.236 e. The molecular formula is C16H20N2O2S. The number of carbonyl (C=O) groups is 2. The van der Waals surface area contributed by atoms with Crippen LogP contribution in [-0.2, 0) is 16.1 Å². The van der Waals surface area contributed by atoms with Gasteiger partial charge in [-0.1, -0.05) is 25.7 Å². The number of amides is 2. The SMILES string of the molecule is CCC1(CC)CC(=O)N(Cc2sccc2C#CCN)C1=O. The van der Waals surface area contributed by atoms with Gasteiger partial charge in [0.25, 0.3) is 0 Å². The molecule has 0 unspecified atom stereocenters. The number of carbonyl (C=O) groups excluding carboxylic acids is 2. The van der Waals surface area contributed by atoms with E-state index < -0.39 is 5.41 Å². The fourth-order valence-electron chi connectivity index (χ4n) is 2.69. The largest absolute Gasteiger partial charge is 0.320 e. The molecule has 21 heavy (non-hydrogen) atoms. The number of hydrogen-bond donors (Lipinski definition) is 1. The highest BCUT2D eigenvalue weighted by atomic mass is 32.1. The normalized spacial score (nSPS) is 17.0. The number of thiophene rings is 1. The first-order valence-corrected chi connectivity index (χ1v) is 8.06. The van der Waals surface area contributed by atoms with Gasteiger partial charge in [-0.3, -0.25) is 14.5 Å². The molecule has 0 radical (unpaired) electrons. The molecule has 112 valence electrons. The molecule has 2 rings (SSSR count). The van der Waals surface area contributed by atoms with Crippen LogP contribution in [0.2, 0.25) is 0 Å². The molecule has 1 aliphatic heterocycles. The Hall–Kier alpha value is -1.64. The van der Waals surface area contributed by atoms with Crippen molar-refractivity contribution in [3.63, 3.8) is 0 Å². The Bertz CT molecular complexity index is 605. The highest BCUT2D eigenvalue weighted by Gasteiger charge is 2.48. The summed E-state index contributed by atoms with van der Waals surface area (Å²) in [4.78, 5) is 27.2. The van der Waals surface area contributed by atoms with E-state index in [1.165, 1.54) is 16.2 Å². The van der Waals surface area contributed by atoms with Gasteiger partial charge in [-0.15, -0.1) is 11.3 Å². The average Bonchev–Trinajstić information content (AvgIpc) is 3.03. The third-order valence-electron chi connectivity index (χ3n) is 4.22. The minimum Gasteiger partial charge on any atom is -0.320 e. The fraction of sp³-hybridized carbons (Fsp3) is 0.500. The summed E-state index contributed by atoms with van der Waals surface area (Å²) in [5, 5.41) is 1.92. The molecule has 0 aromatic carbocycles. The molecule has 2 amide bonds. The average molecular weight is 304 g/mol. The Balaban J connectivity index is 2.23. The van der Waals surface area contributed by atoms with Crippen molar-refractivity contribution in [3.05, 3.63) is 21.9 Å². The lowest BCUT2D eigenvalue weighted by Crippen LogP contribution is -2.34. The van der Waals surface area contributed by atoms with Crippen LogP contribution < -0.4 is 5.73 Å². The summed E-state index contributed by atoms with van der Waals surface area (Å²) >= 11 is 1.52. The van der Waals surface area contributed by atoms with Crippen molar-refractivity contribution in [1.82, 2.24) is 4.90 Å². The maximum atomic E-state index is 12.6. The highest BCUT2D eigenvalue weighted by molar-refractivity contribution is 7.10. The van der Waals surface area contributed by atoms with Crippen molar-refractivity contribution in [2.75, 3.05) is 6.54 Å². The van der Waals surface area contributed by atoms with Crippen LogP contribution in [0.3, 0.4) is 0 Å². The molecule has 0 spiro atoms. The Morgan fingerprint density at radius 3 is 2.67 bits per heavy atom. The Morgan fingerprint density at radius 2 is 2.10 bits per heavy atom. The van der Waals surface area contributed by atoms with Gasteiger partial charge in [0, 0.05) is 16.9 Å². The number of imide groups is 1. The monoisotopic (exact) mass is 304 g/mol. The molecule has 1 aliphatic rings. The lowest BCUT2D eigenvalue weighted by molar-refractivity contribution is -0.142. The van der Waals surface area contributed by atoms with Gasteiger partial charge in [0.1, 0.15) is 0 Å². The van der Waals surface area contributed by atoms with Gasteiger partial charge in [0.15, 0.2) is 0 Å². The van der Waals surface area contributed by atoms with Gasteiger partial charge < -0.3 is 5.73 Å². The quantitative estimate of drug-likeness (QED) is 0.684. The van der Waals surface area contributed by atoms with E-state index in [9.17, 15) is 9.59 Å². The molecule has 5 heteroatoms. The van der Waals surface area contributed by atoms with Crippen molar-refractivity contribution in [2.45, 2.75) is 39.7 Å². The van der Waals surface area contributed by atoms with E-state index in [0.29, 0.717) is 32.4 Å². The van der Waals surface area contributed by atoms with E-state index >= 15 is 0 Å². The van der Waals surface area contributed by atoms with Crippen LogP contribution in [0.5, 0.6) is 0 Å². The van der Waals surface area contributed by atoms with Crippen molar-refractivity contribution in [3.8, 4) is 11.8 Å². The Kier molecular flexibility index (Phi) is 4.81. The van der Waals surface area contributed by atoms with Crippen LogP contribution in [0, 0.1) is 17.3 Å². The second kappa shape index (κ2) is 6.42. The topological polar surface area (TPSA) is 63.4 Å². The van der Waals surface area contributed by atoms with Gasteiger partial charge in [0.05, 0.1) is 18.5 Å². The minimum absolute atomic E-state index is 0.0383. The summed E-state index contributed by atoms with van der Waals surface area (Å²) in [6, 6.07) is 1.90. The van der Waals surface area contributed by atoms with Gasteiger partial charge in [-0.25, -0.2) is 0 Å². The molecule has 1 aromatic rings. The summed E-state index contributed by atoms with van der Waals surface area (Å²) in [5.74, 6) is 5.69. The molecule has 1 fully saturated rings. The summed E-state index contributed by atoms with van der Waals surface area (Å²) in [7, 11) is 0. The minimum atomic E-state index is -0.503. The molecule has 2 heterocycles. The summed E-state index contributed by atoms with van der Waals surface area (Å²) in [6.07, 6.45) is 1.73. The lowest BCUT2D eigenvalue weighted by Gasteiger charge is -2.23. The first kappa shape index (κ1) is 15.7. The van der Waals surface area contributed by atoms with E-state index in [-0.39, 0.29) is 11.8 Å². The molecular weight excluding hydrogens is 284 g/mol. The van der Waals surface area contributed by atoms with E-state index in [1.54, 1.807) is 0 Å². The van der Waals surface area contributed by atoms with Crippen LogP contribution in [0.15, 0.2) is 11.4 Å². The van der Waals surface area contributed by atoms with E-state index in [1.807, 2.05) is 25.3 Å². The molecule has 0 aliphatic carbocycles. The van der Waals surface area contributed by atoms with Gasteiger partial charge in [-0.05, 0) is 24.3 Å². The zero-order valence-corrected chi connectivity index (χ0v) is 13.3. The predicted octanol–water partition coefficient (Wildman–Crippen LogP) is 2.12. The number of nitrogens with two attached hydrogens (primary N) is 1. The maximum absolute atomic E-state index is 12.6. The number of hydrogen-bond acceptors (Lipinski definition) is 4. The molecule has 1 aromatic heterocycles. The Labute approximate surface area is 129 Å². The van der Waals surface area contributed by atoms with E-state index in [2.05, 4.69) is 11.8 Å². The van der Waals surface area contributed by atoms with Crippen molar-refractivity contribution >= 4 is 23.2 Å². The Morgan fingerprint density at radius 1 is 1.38 bits per heavy atom. The molecule has 2 N–H and O–H groups in total. The highest BCUT2D eigenvalue weighted by Crippen LogP contribution is 2.40. The van der Waals surface area contributed by atoms with Gasteiger partial charge in [0.2, 0.25) is 11.8 Å². The zero-order chi connectivity index (χ0) is 15.5. The third-order valence-corrected chi connectivity index (χ3v) is 5.12. The van der Waals surface area contributed by atoms with Crippen molar-refractivity contribution in [1.29, 1.82) is 0 Å². The summed E-state index contributed by atoms with van der Waals surface area (Å²) in [6.45, 7) is 4.57. The van der Waals surface area contributed by atoms with Crippen molar-refractivity contribution in [2.24, 2.45) is 11.1 Å². The molecule has 4 nitrogen and oxygen atoms in total. The molecule has 0 saturated carbocycles. The first-order valence-electron chi connectivity index (χ1n) is 7.18. The van der Waals surface area contributed by atoms with E-state index in [0.717, 1.165) is 10.4 Å². The summed E-state index contributed by atoms with van der Waals surface area (Å²) < 4.78 is 0. The number of rotatable bonds is 4. The predicted molar refractivity (Wildman–Crippen MR) is 83.4 cm³/mol. The number of nitrogens with zero attached hydrogens (tertiary/aromatic N) is 1. The number of likely N-dealkylation sites (tertiary alicyclic amines) is 1. The molecule has 0 atom stereocenters. The van der Waals surface area contributed by atoms with Crippen molar-refractivity contribution < 1.29 is 9.59 Å². The standard InChI is InChI=1S/C16H20N2O2S/c1-3-16(4-2)10-14(19)18(15(16)20)11-13-12(6-5-8-17)7-9-21-13/h7,9H,3-4,8,10-11,17H2,1-2H3. The van der Waals surface area contributed by atoms with Crippen LogP contribution in [-0.4, -0.2) is 23.3 Å². The van der Waals surface area contributed by atoms with Gasteiger partial charge >= 0.3 is 0 Å². The zero-order valence-electron chi connectivity index (χ0n) is 12.4. The van der Waals surface area contributed by atoms with Crippen LogP contribution in [0.4, 0.5) is 0 Å².